The number of aryl methyl sites for hydroxylation is 1. The van der Waals surface area contributed by atoms with Crippen molar-refractivity contribution in [2.24, 2.45) is 0 Å². The molecular weight excluding hydrogens is 537 g/mol. The molecule has 3 rings (SSSR count). The number of carbonyl (C=O) groups excluding carboxylic acids is 1. The highest BCUT2D eigenvalue weighted by Crippen LogP contribution is 2.36. The molecule has 0 fully saturated rings. The molecule has 0 heterocycles. The number of carbonyl (C=O) groups is 1. The van der Waals surface area contributed by atoms with Crippen LogP contribution in [0.4, 0.5) is 5.69 Å². The summed E-state index contributed by atoms with van der Waals surface area (Å²) in [6.45, 7) is 1.97. The van der Waals surface area contributed by atoms with Crippen LogP contribution >= 0.6 is 55.1 Å². The average molecular weight is 556 g/mol. The fourth-order valence-corrected chi connectivity index (χ4v) is 4.38. The van der Waals surface area contributed by atoms with Crippen molar-refractivity contribution in [3.63, 3.8) is 0 Å². The van der Waals surface area contributed by atoms with Crippen LogP contribution in [0.15, 0.2) is 66.7 Å². The van der Waals surface area contributed by atoms with Crippen LogP contribution < -0.4 is 5.32 Å². The van der Waals surface area contributed by atoms with Crippen molar-refractivity contribution in [1.82, 2.24) is 0 Å². The van der Waals surface area contributed by atoms with Gasteiger partial charge in [0, 0.05) is 16.1 Å². The van der Waals surface area contributed by atoms with E-state index in [4.69, 9.17) is 23.2 Å². The lowest BCUT2D eigenvalue weighted by molar-refractivity contribution is 0.102. The highest BCUT2D eigenvalue weighted by Gasteiger charge is 2.19. The van der Waals surface area contributed by atoms with Crippen LogP contribution in [-0.2, 0) is 6.42 Å². The molecule has 0 aliphatic heterocycles. The van der Waals surface area contributed by atoms with E-state index in [-0.39, 0.29) is 15.6 Å². The highest BCUT2D eigenvalue weighted by molar-refractivity contribution is 9.12. The summed E-state index contributed by atoms with van der Waals surface area (Å²) in [6, 6.07) is 21.0. The van der Waals surface area contributed by atoms with E-state index in [2.05, 4.69) is 37.2 Å². The monoisotopic (exact) mass is 553 g/mol. The Hall–Kier alpha value is -1.33. The van der Waals surface area contributed by atoms with E-state index in [0.29, 0.717) is 15.6 Å². The Balaban J connectivity index is 1.64. The fourth-order valence-electron chi connectivity index (χ4n) is 2.92. The van der Waals surface area contributed by atoms with Crippen LogP contribution in [-0.4, -0.2) is 10.7 Å². The van der Waals surface area contributed by atoms with Crippen LogP contribution in [0.3, 0.4) is 0 Å². The third kappa shape index (κ3) is 5.85. The van der Waals surface area contributed by atoms with Gasteiger partial charge in [-0.15, -0.1) is 0 Å². The average Bonchev–Trinajstić information content (AvgIpc) is 2.71. The molecule has 1 amide bonds. The molecule has 0 radical (unpaired) electrons. The van der Waals surface area contributed by atoms with Crippen LogP contribution in [0.25, 0.3) is 0 Å². The zero-order valence-corrected chi connectivity index (χ0v) is 20.3. The van der Waals surface area contributed by atoms with E-state index in [1.54, 1.807) is 6.07 Å². The molecule has 1 N–H and O–H groups in total. The zero-order valence-electron chi connectivity index (χ0n) is 15.6. The minimum Gasteiger partial charge on any atom is -0.322 e. The highest BCUT2D eigenvalue weighted by atomic mass is 79.9. The molecule has 2 atom stereocenters. The van der Waals surface area contributed by atoms with E-state index < -0.39 is 0 Å². The van der Waals surface area contributed by atoms with Crippen molar-refractivity contribution in [3.8, 4) is 0 Å². The second-order valence-corrected chi connectivity index (χ2v) is 9.74. The van der Waals surface area contributed by atoms with Crippen LogP contribution in [0.5, 0.6) is 0 Å². The maximum atomic E-state index is 12.5. The minimum absolute atomic E-state index is 0.0706. The quantitative estimate of drug-likeness (QED) is 0.307. The third-order valence-corrected chi connectivity index (χ3v) is 8.09. The Morgan fingerprint density at radius 2 is 1.66 bits per heavy atom. The number of halogens is 4. The number of hydrogen-bond donors (Lipinski definition) is 1. The SMILES string of the molecule is Cc1ccccc1NC(=O)c1ccc(CC(Br)C(Br)c2ccc(Cl)c(Cl)c2)cc1. The molecule has 2 nitrogen and oxygen atoms in total. The first-order chi connectivity index (χ1) is 13.8. The second-order valence-electron chi connectivity index (χ2n) is 6.76. The molecule has 29 heavy (non-hydrogen) atoms. The summed E-state index contributed by atoms with van der Waals surface area (Å²) in [4.78, 5) is 12.7. The Morgan fingerprint density at radius 3 is 2.31 bits per heavy atom. The van der Waals surface area contributed by atoms with E-state index >= 15 is 0 Å². The molecule has 0 bridgehead atoms. The van der Waals surface area contributed by atoms with Crippen LogP contribution in [0, 0.1) is 6.92 Å². The normalized spacial score (nSPS) is 13.0. The van der Waals surface area contributed by atoms with Gasteiger partial charge in [0.05, 0.1) is 14.9 Å². The van der Waals surface area contributed by atoms with Gasteiger partial charge in [-0.1, -0.05) is 91.5 Å². The van der Waals surface area contributed by atoms with E-state index in [0.717, 1.165) is 28.8 Å². The van der Waals surface area contributed by atoms with Gasteiger partial charge in [0.15, 0.2) is 0 Å². The summed E-state index contributed by atoms with van der Waals surface area (Å²) in [5.74, 6) is -0.115. The number of rotatable bonds is 6. The standard InChI is InChI=1S/C23H19Br2Cl2NO/c1-14-4-2-3-5-21(14)28-23(29)16-8-6-15(7-9-16)12-18(24)22(25)17-10-11-19(26)20(27)13-17/h2-11,13,18,22H,12H2,1H3,(H,28,29). The fraction of sp³-hybridized carbons (Fsp3) is 0.174. The first kappa shape index (κ1) is 22.4. The van der Waals surface area contributed by atoms with Gasteiger partial charge in [0.1, 0.15) is 0 Å². The number of alkyl halides is 2. The largest absolute Gasteiger partial charge is 0.322 e. The maximum absolute atomic E-state index is 12.5. The number of hydrogen-bond acceptors (Lipinski definition) is 1. The molecular formula is C23H19Br2Cl2NO. The van der Waals surface area contributed by atoms with Gasteiger partial charge in [0.2, 0.25) is 0 Å². The number of nitrogens with one attached hydrogen (secondary N) is 1. The zero-order chi connectivity index (χ0) is 21.0. The van der Waals surface area contributed by atoms with E-state index in [1.807, 2.05) is 67.6 Å². The maximum Gasteiger partial charge on any atom is 0.255 e. The van der Waals surface area contributed by atoms with E-state index in [9.17, 15) is 4.79 Å². The summed E-state index contributed by atoms with van der Waals surface area (Å²) >= 11 is 19.6. The van der Waals surface area contributed by atoms with Crippen molar-refractivity contribution >= 4 is 66.7 Å². The van der Waals surface area contributed by atoms with Gasteiger partial charge < -0.3 is 5.32 Å². The number of anilines is 1. The molecule has 0 aliphatic carbocycles. The van der Waals surface area contributed by atoms with E-state index in [1.165, 1.54) is 0 Å². The first-order valence-electron chi connectivity index (χ1n) is 9.04. The van der Waals surface area contributed by atoms with Crippen molar-refractivity contribution in [2.75, 3.05) is 5.32 Å². The molecule has 2 unspecified atom stereocenters. The molecule has 3 aromatic rings. The van der Waals surface area contributed by atoms with Gasteiger partial charge in [-0.25, -0.2) is 0 Å². The number of amides is 1. The smallest absolute Gasteiger partial charge is 0.255 e. The lowest BCUT2D eigenvalue weighted by Gasteiger charge is -2.18. The Morgan fingerprint density at radius 1 is 0.966 bits per heavy atom. The summed E-state index contributed by atoms with van der Waals surface area (Å²) < 4.78 is 0. The topological polar surface area (TPSA) is 29.1 Å². The van der Waals surface area contributed by atoms with Gasteiger partial charge in [0.25, 0.3) is 5.91 Å². The molecule has 6 heteroatoms. The summed E-state index contributed by atoms with van der Waals surface area (Å²) in [5.41, 5.74) is 4.67. The Labute approximate surface area is 197 Å². The first-order valence-corrected chi connectivity index (χ1v) is 11.6. The molecule has 150 valence electrons. The lowest BCUT2D eigenvalue weighted by atomic mass is 10.0. The minimum atomic E-state index is -0.115. The second kappa shape index (κ2) is 10.1. The van der Waals surface area contributed by atoms with Crippen molar-refractivity contribution < 1.29 is 4.79 Å². The van der Waals surface area contributed by atoms with Crippen LogP contribution in [0.2, 0.25) is 10.0 Å². The third-order valence-electron chi connectivity index (χ3n) is 4.62. The van der Waals surface area contributed by atoms with Gasteiger partial charge in [-0.05, 0) is 60.4 Å². The van der Waals surface area contributed by atoms with Gasteiger partial charge in [-0.2, -0.15) is 0 Å². The van der Waals surface area contributed by atoms with Crippen LogP contribution in [0.1, 0.15) is 31.9 Å². The predicted octanol–water partition coefficient (Wildman–Crippen LogP) is 8.00. The number of para-hydroxylation sites is 1. The van der Waals surface area contributed by atoms with Crippen molar-refractivity contribution in [2.45, 2.75) is 23.0 Å². The van der Waals surface area contributed by atoms with Gasteiger partial charge >= 0.3 is 0 Å². The summed E-state index contributed by atoms with van der Waals surface area (Å²) in [7, 11) is 0. The molecule has 3 aromatic carbocycles. The molecule has 0 aliphatic rings. The predicted molar refractivity (Wildman–Crippen MR) is 130 cm³/mol. The lowest BCUT2D eigenvalue weighted by Crippen LogP contribution is -2.13. The molecule has 0 spiro atoms. The summed E-state index contributed by atoms with van der Waals surface area (Å²) in [5, 5.41) is 4.04. The van der Waals surface area contributed by atoms with Crippen molar-refractivity contribution in [3.05, 3.63) is 99.0 Å². The molecule has 0 saturated carbocycles. The molecule has 0 saturated heterocycles. The number of benzene rings is 3. The Bertz CT molecular complexity index is 1010. The summed E-state index contributed by atoms with van der Waals surface area (Å²) in [6.07, 6.45) is 0.788. The van der Waals surface area contributed by atoms with Crippen molar-refractivity contribution in [1.29, 1.82) is 0 Å². The van der Waals surface area contributed by atoms with Gasteiger partial charge in [-0.3, -0.25) is 4.79 Å². The molecule has 0 aromatic heterocycles. The Kier molecular flexibility index (Phi) is 7.80.